The van der Waals surface area contributed by atoms with Crippen molar-refractivity contribution < 1.29 is 14.3 Å². The Bertz CT molecular complexity index is 1060. The van der Waals surface area contributed by atoms with E-state index in [9.17, 15) is 9.59 Å². The predicted octanol–water partition coefficient (Wildman–Crippen LogP) is 1.84. The van der Waals surface area contributed by atoms with Crippen LogP contribution >= 0.6 is 0 Å². The molecule has 5 N–H and O–H groups in total. The molecular weight excluding hydrogens is 370 g/mol. The molecule has 2 amide bonds. The number of nitrogens with two attached hydrogens (primary N) is 1. The second-order valence-corrected chi connectivity index (χ2v) is 6.87. The summed E-state index contributed by atoms with van der Waals surface area (Å²) in [6.07, 6.45) is 3.89. The number of fused-ring (bicyclic) bond motifs is 1. The van der Waals surface area contributed by atoms with E-state index >= 15 is 0 Å². The number of benzene rings is 2. The van der Waals surface area contributed by atoms with E-state index in [1.54, 1.807) is 37.7 Å². The van der Waals surface area contributed by atoms with E-state index in [0.717, 1.165) is 28.0 Å². The van der Waals surface area contributed by atoms with Gasteiger partial charge in [0.15, 0.2) is 0 Å². The van der Waals surface area contributed by atoms with Gasteiger partial charge in [-0.3, -0.25) is 14.7 Å². The first-order valence-corrected chi connectivity index (χ1v) is 9.18. The molecule has 0 spiro atoms. The normalized spacial score (nSPS) is 15.4. The quantitative estimate of drug-likeness (QED) is 0.529. The fourth-order valence-electron chi connectivity index (χ4n) is 3.47. The van der Waals surface area contributed by atoms with E-state index in [4.69, 9.17) is 10.5 Å². The van der Waals surface area contributed by atoms with Gasteiger partial charge in [-0.2, -0.15) is 5.10 Å². The molecule has 3 aromatic rings. The van der Waals surface area contributed by atoms with Crippen molar-refractivity contribution in [1.29, 1.82) is 0 Å². The predicted molar refractivity (Wildman–Crippen MR) is 108 cm³/mol. The van der Waals surface area contributed by atoms with Gasteiger partial charge in [0.05, 0.1) is 30.6 Å². The first-order chi connectivity index (χ1) is 14.0. The topological polar surface area (TPSA) is 122 Å². The number of hydrogen-bond acceptors (Lipinski definition) is 5. The Morgan fingerprint density at radius 3 is 2.76 bits per heavy atom. The number of amides is 2. The molecule has 8 heteroatoms. The highest BCUT2D eigenvalue weighted by Crippen LogP contribution is 2.26. The number of primary amides is 1. The number of anilines is 1. The van der Waals surface area contributed by atoms with Gasteiger partial charge < -0.3 is 21.1 Å². The van der Waals surface area contributed by atoms with Crippen molar-refractivity contribution in [3.05, 3.63) is 65.5 Å². The Labute approximate surface area is 167 Å². The van der Waals surface area contributed by atoms with Gasteiger partial charge in [-0.1, -0.05) is 12.1 Å². The van der Waals surface area contributed by atoms with Gasteiger partial charge in [0, 0.05) is 18.3 Å². The largest absolute Gasteiger partial charge is 0.497 e. The Morgan fingerprint density at radius 2 is 2.03 bits per heavy atom. The fraction of sp³-hybridized carbons (Fsp3) is 0.190. The van der Waals surface area contributed by atoms with Crippen LogP contribution < -0.4 is 21.1 Å². The van der Waals surface area contributed by atoms with Crippen LogP contribution in [0.1, 0.15) is 21.5 Å². The zero-order valence-electron chi connectivity index (χ0n) is 15.9. The van der Waals surface area contributed by atoms with E-state index in [1.165, 1.54) is 0 Å². The summed E-state index contributed by atoms with van der Waals surface area (Å²) >= 11 is 0. The zero-order chi connectivity index (χ0) is 20.4. The second-order valence-electron chi connectivity index (χ2n) is 6.87. The van der Waals surface area contributed by atoms with E-state index < -0.39 is 11.9 Å². The molecule has 1 aromatic heterocycles. The third kappa shape index (κ3) is 3.83. The third-order valence-electron chi connectivity index (χ3n) is 5.07. The van der Waals surface area contributed by atoms with Gasteiger partial charge in [0.1, 0.15) is 5.75 Å². The number of aromatic nitrogens is 2. The van der Waals surface area contributed by atoms with Gasteiger partial charge in [-0.05, 0) is 47.4 Å². The summed E-state index contributed by atoms with van der Waals surface area (Å²) in [6, 6.07) is 10.6. The summed E-state index contributed by atoms with van der Waals surface area (Å²) in [5.74, 6) is -0.0787. The lowest BCUT2D eigenvalue weighted by Crippen LogP contribution is -2.44. The molecular formula is C21H21N5O3. The zero-order valence-corrected chi connectivity index (χ0v) is 15.9. The van der Waals surface area contributed by atoms with E-state index in [1.807, 2.05) is 18.2 Å². The number of rotatable bonds is 5. The van der Waals surface area contributed by atoms with Crippen LogP contribution in [-0.2, 0) is 17.8 Å². The highest BCUT2D eigenvalue weighted by atomic mass is 16.5. The standard InChI is InChI=1S/C21H21N5O3/c1-29-16-4-2-13-9-23-19(8-14(13)6-16)21(28)26-18-5-3-12(7-17(18)20(22)27)15-10-24-25-11-15/h2-7,10-11,19,23H,8-9H2,1H3,(H2,22,27)(H,24,25)(H,26,28)/t19-/m0/s1. The molecule has 0 saturated heterocycles. The maximum atomic E-state index is 12.8. The molecule has 0 aliphatic carbocycles. The number of hydrogen-bond donors (Lipinski definition) is 4. The van der Waals surface area contributed by atoms with Crippen molar-refractivity contribution in [3.8, 4) is 16.9 Å². The van der Waals surface area contributed by atoms with Crippen LogP contribution in [0.5, 0.6) is 5.75 Å². The summed E-state index contributed by atoms with van der Waals surface area (Å²) in [6.45, 7) is 0.583. The van der Waals surface area contributed by atoms with Crippen molar-refractivity contribution in [3.63, 3.8) is 0 Å². The Morgan fingerprint density at radius 1 is 1.17 bits per heavy atom. The van der Waals surface area contributed by atoms with Crippen LogP contribution in [-0.4, -0.2) is 35.2 Å². The van der Waals surface area contributed by atoms with Crippen molar-refractivity contribution in [2.75, 3.05) is 12.4 Å². The number of H-pyrrole nitrogens is 1. The average molecular weight is 391 g/mol. The number of carbonyl (C=O) groups is 2. The van der Waals surface area contributed by atoms with Crippen LogP contribution in [0, 0.1) is 0 Å². The van der Waals surface area contributed by atoms with Crippen molar-refractivity contribution in [2.24, 2.45) is 5.73 Å². The van der Waals surface area contributed by atoms with Crippen LogP contribution in [0.15, 0.2) is 48.8 Å². The third-order valence-corrected chi connectivity index (χ3v) is 5.07. The first-order valence-electron chi connectivity index (χ1n) is 9.18. The highest BCUT2D eigenvalue weighted by molar-refractivity contribution is 6.05. The summed E-state index contributed by atoms with van der Waals surface area (Å²) in [4.78, 5) is 24.8. The Balaban J connectivity index is 1.54. The van der Waals surface area contributed by atoms with Crippen molar-refractivity contribution in [2.45, 2.75) is 19.0 Å². The minimum Gasteiger partial charge on any atom is -0.497 e. The maximum absolute atomic E-state index is 12.8. The molecule has 4 rings (SSSR count). The van der Waals surface area contributed by atoms with Crippen molar-refractivity contribution >= 4 is 17.5 Å². The smallest absolute Gasteiger partial charge is 0.250 e. The molecule has 1 atom stereocenters. The van der Waals surface area contributed by atoms with Gasteiger partial charge in [-0.25, -0.2) is 0 Å². The second kappa shape index (κ2) is 7.76. The van der Waals surface area contributed by atoms with Crippen LogP contribution in [0.3, 0.4) is 0 Å². The van der Waals surface area contributed by atoms with Gasteiger partial charge in [0.25, 0.3) is 5.91 Å². The van der Waals surface area contributed by atoms with Crippen molar-refractivity contribution in [1.82, 2.24) is 15.5 Å². The minimum atomic E-state index is -0.614. The Hall–Kier alpha value is -3.65. The molecule has 0 bridgehead atoms. The number of ether oxygens (including phenoxy) is 1. The Kier molecular flexibility index (Phi) is 5.01. The first kappa shape index (κ1) is 18.7. The molecule has 0 fully saturated rings. The molecule has 1 aliphatic rings. The van der Waals surface area contributed by atoms with Gasteiger partial charge in [0.2, 0.25) is 5.91 Å². The fourth-order valence-corrected chi connectivity index (χ4v) is 3.47. The monoisotopic (exact) mass is 391 g/mol. The number of nitrogens with zero attached hydrogens (tertiary/aromatic N) is 1. The molecule has 1 aliphatic heterocycles. The molecule has 2 heterocycles. The molecule has 0 saturated carbocycles. The lowest BCUT2D eigenvalue weighted by atomic mass is 9.95. The van der Waals surface area contributed by atoms with Crippen LogP contribution in [0.25, 0.3) is 11.1 Å². The summed E-state index contributed by atoms with van der Waals surface area (Å²) in [5, 5.41) is 12.7. The van der Waals surface area contributed by atoms with Gasteiger partial charge in [-0.15, -0.1) is 0 Å². The van der Waals surface area contributed by atoms with Gasteiger partial charge >= 0.3 is 0 Å². The summed E-state index contributed by atoms with van der Waals surface area (Å²) in [5.41, 5.74) is 9.97. The highest BCUT2D eigenvalue weighted by Gasteiger charge is 2.25. The van der Waals surface area contributed by atoms with E-state index in [-0.39, 0.29) is 11.5 Å². The molecule has 148 valence electrons. The van der Waals surface area contributed by atoms with E-state index in [0.29, 0.717) is 18.7 Å². The summed E-state index contributed by atoms with van der Waals surface area (Å²) < 4.78 is 5.28. The lowest BCUT2D eigenvalue weighted by Gasteiger charge is -2.26. The number of methoxy groups -OCH3 is 1. The van der Waals surface area contributed by atoms with E-state index in [2.05, 4.69) is 20.8 Å². The number of nitrogens with one attached hydrogen (secondary N) is 3. The average Bonchev–Trinajstić information content (AvgIpc) is 3.28. The lowest BCUT2D eigenvalue weighted by molar-refractivity contribution is -0.118. The maximum Gasteiger partial charge on any atom is 0.250 e. The summed E-state index contributed by atoms with van der Waals surface area (Å²) in [7, 11) is 1.62. The molecule has 29 heavy (non-hydrogen) atoms. The molecule has 0 unspecified atom stereocenters. The SMILES string of the molecule is COc1ccc2c(c1)C[C@@H](C(=O)Nc1ccc(-c3cn[nH]c3)cc1C(N)=O)NC2. The molecule has 2 aromatic carbocycles. The molecule has 8 nitrogen and oxygen atoms in total. The number of aromatic amines is 1. The number of carbonyl (C=O) groups excluding carboxylic acids is 2. The van der Waals surface area contributed by atoms with Crippen LogP contribution in [0.4, 0.5) is 5.69 Å². The van der Waals surface area contributed by atoms with Crippen LogP contribution in [0.2, 0.25) is 0 Å². The molecule has 0 radical (unpaired) electrons. The minimum absolute atomic E-state index is 0.225.